The van der Waals surface area contributed by atoms with Gasteiger partial charge in [0.05, 0.1) is 0 Å². The van der Waals surface area contributed by atoms with Crippen molar-refractivity contribution in [1.29, 1.82) is 0 Å². The Kier molecular flexibility index (Phi) is 3.24. The van der Waals surface area contributed by atoms with Crippen LogP contribution in [-0.4, -0.2) is 11.1 Å². The molecule has 0 aromatic heterocycles. The third kappa shape index (κ3) is 2.20. The van der Waals surface area contributed by atoms with E-state index in [0.717, 1.165) is 0 Å². The minimum atomic E-state index is -1.39. The van der Waals surface area contributed by atoms with Gasteiger partial charge in [0.15, 0.2) is 0 Å². The van der Waals surface area contributed by atoms with E-state index in [2.05, 4.69) is 0 Å². The second-order valence-electron chi connectivity index (χ2n) is 5.52. The zero-order valence-electron chi connectivity index (χ0n) is 12.7. The van der Waals surface area contributed by atoms with Crippen LogP contribution in [0.4, 0.5) is 0 Å². The van der Waals surface area contributed by atoms with Crippen molar-refractivity contribution in [3.8, 4) is 11.5 Å². The lowest BCUT2D eigenvalue weighted by Gasteiger charge is -2.38. The van der Waals surface area contributed by atoms with Gasteiger partial charge in [-0.05, 0) is 12.1 Å². The number of phenolic OH excluding ortho intramolecular Hbond substituents is 1. The molecular formula is C20H14O4. The van der Waals surface area contributed by atoms with Crippen LogP contribution in [0.3, 0.4) is 0 Å². The number of cyclic esters (lactones) is 1. The van der Waals surface area contributed by atoms with Crippen LogP contribution in [0.15, 0.2) is 78.9 Å². The van der Waals surface area contributed by atoms with Crippen LogP contribution in [0.25, 0.3) is 0 Å². The maximum Gasteiger partial charge on any atom is 0.345 e. The molecule has 0 unspecified atom stereocenters. The maximum absolute atomic E-state index is 12.6. The summed E-state index contributed by atoms with van der Waals surface area (Å²) >= 11 is 0. The minimum absolute atomic E-state index is 0.0264. The molecule has 4 rings (SSSR count). The van der Waals surface area contributed by atoms with Gasteiger partial charge in [-0.25, -0.2) is 4.79 Å². The van der Waals surface area contributed by atoms with Crippen LogP contribution in [0.2, 0.25) is 0 Å². The molecule has 1 heterocycles. The molecule has 0 bridgehead atoms. The van der Waals surface area contributed by atoms with Crippen LogP contribution < -0.4 is 4.74 Å². The molecule has 3 aromatic carbocycles. The van der Waals surface area contributed by atoms with Gasteiger partial charge >= 0.3 is 11.8 Å². The average Bonchev–Trinajstić information content (AvgIpc) is 2.62. The topological polar surface area (TPSA) is 55.8 Å². The number of carbonyl (C=O) groups is 1. The highest BCUT2D eigenvalue weighted by Crippen LogP contribution is 2.43. The highest BCUT2D eigenvalue weighted by molar-refractivity contribution is 5.94. The maximum atomic E-state index is 12.6. The number of rotatable bonds is 2. The van der Waals surface area contributed by atoms with Crippen LogP contribution >= 0.6 is 0 Å². The molecule has 0 aliphatic carbocycles. The lowest BCUT2D eigenvalue weighted by atomic mass is 9.95. The molecule has 0 radical (unpaired) electrons. The van der Waals surface area contributed by atoms with Gasteiger partial charge in [-0.15, -0.1) is 0 Å². The number of hydrogen-bond donors (Lipinski definition) is 1. The van der Waals surface area contributed by atoms with Crippen molar-refractivity contribution >= 4 is 5.97 Å². The molecular weight excluding hydrogens is 304 g/mol. The molecule has 3 aromatic rings. The van der Waals surface area contributed by atoms with Crippen molar-refractivity contribution in [3.05, 3.63) is 95.6 Å². The van der Waals surface area contributed by atoms with Crippen molar-refractivity contribution in [2.75, 3.05) is 0 Å². The first-order chi connectivity index (χ1) is 11.7. The van der Waals surface area contributed by atoms with E-state index in [-0.39, 0.29) is 11.3 Å². The van der Waals surface area contributed by atoms with E-state index in [1.54, 1.807) is 0 Å². The number of carbonyl (C=O) groups excluding carboxylic acids is 1. The fourth-order valence-corrected chi connectivity index (χ4v) is 2.84. The smallest absolute Gasteiger partial charge is 0.345 e. The highest BCUT2D eigenvalue weighted by atomic mass is 16.7. The largest absolute Gasteiger partial charge is 0.508 e. The Morgan fingerprint density at radius 3 is 1.92 bits per heavy atom. The van der Waals surface area contributed by atoms with Crippen LogP contribution in [0.1, 0.15) is 21.5 Å². The highest BCUT2D eigenvalue weighted by Gasteiger charge is 2.46. The van der Waals surface area contributed by atoms with Gasteiger partial charge in [0.25, 0.3) is 0 Å². The fourth-order valence-electron chi connectivity index (χ4n) is 2.84. The molecule has 0 atom stereocenters. The van der Waals surface area contributed by atoms with Gasteiger partial charge in [-0.3, -0.25) is 0 Å². The molecule has 1 aliphatic heterocycles. The summed E-state index contributed by atoms with van der Waals surface area (Å²) in [7, 11) is 0. The second kappa shape index (κ2) is 5.42. The number of esters is 1. The van der Waals surface area contributed by atoms with Gasteiger partial charge in [-0.1, -0.05) is 60.7 Å². The first-order valence-corrected chi connectivity index (χ1v) is 7.55. The van der Waals surface area contributed by atoms with E-state index in [0.29, 0.717) is 16.9 Å². The summed E-state index contributed by atoms with van der Waals surface area (Å²) in [5.74, 6) is -1.57. The number of fused-ring (bicyclic) bond motifs is 1. The minimum Gasteiger partial charge on any atom is -0.508 e. The van der Waals surface area contributed by atoms with Gasteiger partial charge in [-0.2, -0.15) is 0 Å². The Morgan fingerprint density at radius 2 is 1.33 bits per heavy atom. The predicted molar refractivity (Wildman–Crippen MR) is 87.8 cm³/mol. The van der Waals surface area contributed by atoms with Crippen molar-refractivity contribution in [2.45, 2.75) is 5.79 Å². The normalized spacial score (nSPS) is 15.1. The summed E-state index contributed by atoms with van der Waals surface area (Å²) in [6.45, 7) is 0. The van der Waals surface area contributed by atoms with Gasteiger partial charge in [0, 0.05) is 17.2 Å². The number of hydrogen-bond acceptors (Lipinski definition) is 4. The van der Waals surface area contributed by atoms with E-state index in [4.69, 9.17) is 9.47 Å². The lowest BCUT2D eigenvalue weighted by molar-refractivity contribution is -0.131. The van der Waals surface area contributed by atoms with Gasteiger partial charge in [0.2, 0.25) is 0 Å². The van der Waals surface area contributed by atoms with Gasteiger partial charge < -0.3 is 14.6 Å². The molecule has 4 nitrogen and oxygen atoms in total. The predicted octanol–water partition coefficient (Wildman–Crippen LogP) is 3.84. The lowest BCUT2D eigenvalue weighted by Crippen LogP contribution is -2.43. The summed E-state index contributed by atoms with van der Waals surface area (Å²) in [5, 5.41) is 9.75. The SMILES string of the molecule is O=C1OC(c2ccccc2)(c2ccccc2)Oc2cc(O)ccc21. The van der Waals surface area contributed by atoms with Crippen LogP contribution in [0, 0.1) is 0 Å². The second-order valence-corrected chi connectivity index (χ2v) is 5.52. The Morgan fingerprint density at radius 1 is 0.750 bits per heavy atom. The zero-order valence-corrected chi connectivity index (χ0v) is 12.7. The molecule has 0 fully saturated rings. The van der Waals surface area contributed by atoms with E-state index in [1.807, 2.05) is 60.7 Å². The van der Waals surface area contributed by atoms with Gasteiger partial charge in [0.1, 0.15) is 17.1 Å². The molecule has 0 saturated heterocycles. The van der Waals surface area contributed by atoms with E-state index in [1.165, 1.54) is 18.2 Å². The summed E-state index contributed by atoms with van der Waals surface area (Å²) in [6.07, 6.45) is 0. The molecule has 1 aliphatic rings. The summed E-state index contributed by atoms with van der Waals surface area (Å²) in [5.41, 5.74) is 1.67. The quantitative estimate of drug-likeness (QED) is 0.729. The molecule has 0 amide bonds. The Bertz CT molecular complexity index is 849. The Hall–Kier alpha value is -3.27. The monoisotopic (exact) mass is 318 g/mol. The average molecular weight is 318 g/mol. The zero-order chi connectivity index (χ0) is 16.6. The third-order valence-corrected chi connectivity index (χ3v) is 3.98. The summed E-state index contributed by atoms with van der Waals surface area (Å²) in [4.78, 5) is 12.6. The molecule has 4 heteroatoms. The fraction of sp³-hybridized carbons (Fsp3) is 0.0500. The van der Waals surface area contributed by atoms with Crippen molar-refractivity contribution in [3.63, 3.8) is 0 Å². The molecule has 0 saturated carbocycles. The van der Waals surface area contributed by atoms with E-state index >= 15 is 0 Å². The number of aromatic hydroxyl groups is 1. The standard InChI is InChI=1S/C20H14O4/c21-16-11-12-17-18(13-16)23-20(24-19(17)22,14-7-3-1-4-8-14)15-9-5-2-6-10-15/h1-13,21H. The molecule has 1 N–H and O–H groups in total. The summed E-state index contributed by atoms with van der Waals surface area (Å²) in [6, 6.07) is 22.9. The van der Waals surface area contributed by atoms with Crippen molar-refractivity contribution < 1.29 is 19.4 Å². The van der Waals surface area contributed by atoms with Crippen LogP contribution in [0.5, 0.6) is 11.5 Å². The number of ether oxygens (including phenoxy) is 2. The molecule has 118 valence electrons. The number of phenols is 1. The van der Waals surface area contributed by atoms with E-state index < -0.39 is 11.8 Å². The first kappa shape index (κ1) is 14.3. The van der Waals surface area contributed by atoms with Crippen molar-refractivity contribution in [1.82, 2.24) is 0 Å². The summed E-state index contributed by atoms with van der Waals surface area (Å²) < 4.78 is 11.9. The van der Waals surface area contributed by atoms with E-state index in [9.17, 15) is 9.90 Å². The Balaban J connectivity index is 1.94. The first-order valence-electron chi connectivity index (χ1n) is 7.55. The molecule has 24 heavy (non-hydrogen) atoms. The molecule has 0 spiro atoms. The third-order valence-electron chi connectivity index (χ3n) is 3.98. The number of benzene rings is 3. The van der Waals surface area contributed by atoms with Crippen molar-refractivity contribution in [2.24, 2.45) is 0 Å². The van der Waals surface area contributed by atoms with Crippen LogP contribution in [-0.2, 0) is 10.5 Å². The Labute approximate surface area is 138 Å².